The second kappa shape index (κ2) is 5.83. The fourth-order valence-electron chi connectivity index (χ4n) is 2.55. The molecule has 1 aromatic rings. The molecule has 8 nitrogen and oxygen atoms in total. The van der Waals surface area contributed by atoms with Crippen molar-refractivity contribution >= 4 is 17.1 Å². The van der Waals surface area contributed by atoms with E-state index in [-0.39, 0.29) is 11.4 Å². The van der Waals surface area contributed by atoms with Gasteiger partial charge in [-0.1, -0.05) is 0 Å². The molecule has 1 heterocycles. The molecule has 20 heavy (non-hydrogen) atoms. The summed E-state index contributed by atoms with van der Waals surface area (Å²) in [6.45, 7) is 2.31. The van der Waals surface area contributed by atoms with E-state index < -0.39 is 9.85 Å². The quantitative estimate of drug-likeness (QED) is 0.648. The predicted molar refractivity (Wildman–Crippen MR) is 74.0 cm³/mol. The molecule has 1 aromatic carbocycles. The summed E-state index contributed by atoms with van der Waals surface area (Å²) >= 11 is 0. The lowest BCUT2D eigenvalue weighted by Crippen LogP contribution is -2.24. The number of nitrogens with one attached hydrogen (secondary N) is 1. The van der Waals surface area contributed by atoms with Gasteiger partial charge in [0.2, 0.25) is 0 Å². The highest BCUT2D eigenvalue weighted by Gasteiger charge is 2.28. The van der Waals surface area contributed by atoms with Crippen molar-refractivity contribution in [2.45, 2.75) is 6.42 Å². The van der Waals surface area contributed by atoms with E-state index in [4.69, 9.17) is 0 Å². The molecule has 1 fully saturated rings. The smallest absolute Gasteiger partial charge is 0.299 e. The first-order chi connectivity index (χ1) is 9.52. The monoisotopic (exact) mass is 280 g/mol. The molecule has 0 amide bonds. The van der Waals surface area contributed by atoms with E-state index in [1.165, 1.54) is 12.1 Å². The van der Waals surface area contributed by atoms with E-state index in [1.807, 2.05) is 11.9 Å². The molecule has 0 aliphatic carbocycles. The highest BCUT2D eigenvalue weighted by molar-refractivity contribution is 5.67. The lowest BCUT2D eigenvalue weighted by Gasteiger charge is -2.18. The van der Waals surface area contributed by atoms with Crippen molar-refractivity contribution < 1.29 is 9.85 Å². The number of hydrogen-bond donors (Lipinski definition) is 1. The Morgan fingerprint density at radius 2 is 2.10 bits per heavy atom. The van der Waals surface area contributed by atoms with Crippen molar-refractivity contribution in [2.24, 2.45) is 5.92 Å². The van der Waals surface area contributed by atoms with Gasteiger partial charge in [0.15, 0.2) is 0 Å². The molecule has 108 valence electrons. The molecule has 1 atom stereocenters. The summed E-state index contributed by atoms with van der Waals surface area (Å²) in [4.78, 5) is 22.5. The second-order valence-electron chi connectivity index (χ2n) is 4.85. The van der Waals surface area contributed by atoms with Crippen molar-refractivity contribution in [3.63, 3.8) is 0 Å². The van der Waals surface area contributed by atoms with E-state index in [0.29, 0.717) is 11.6 Å². The Bertz CT molecular complexity index is 534. The molecule has 0 saturated carbocycles. The molecule has 1 aliphatic heterocycles. The van der Waals surface area contributed by atoms with Crippen molar-refractivity contribution in [1.82, 2.24) is 5.32 Å². The van der Waals surface area contributed by atoms with Crippen LogP contribution < -0.4 is 10.2 Å². The SMILES string of the molecule is CNCC1CCN(c2ccc([N+](=O)[O-])cc2[N+](=O)[O-])C1. The topological polar surface area (TPSA) is 102 Å². The van der Waals surface area contributed by atoms with Gasteiger partial charge in [0.25, 0.3) is 11.4 Å². The lowest BCUT2D eigenvalue weighted by molar-refractivity contribution is -0.393. The third kappa shape index (κ3) is 2.85. The van der Waals surface area contributed by atoms with Gasteiger partial charge in [0, 0.05) is 19.2 Å². The van der Waals surface area contributed by atoms with Crippen LogP contribution in [0.1, 0.15) is 6.42 Å². The number of nitro benzene ring substituents is 2. The molecule has 0 aromatic heterocycles. The highest BCUT2D eigenvalue weighted by atomic mass is 16.6. The Labute approximate surface area is 115 Å². The summed E-state index contributed by atoms with van der Waals surface area (Å²) < 4.78 is 0. The van der Waals surface area contributed by atoms with Crippen LogP contribution in [0.15, 0.2) is 18.2 Å². The third-order valence-corrected chi connectivity index (χ3v) is 3.49. The minimum atomic E-state index is -0.620. The first-order valence-corrected chi connectivity index (χ1v) is 6.35. The van der Waals surface area contributed by atoms with Crippen LogP contribution >= 0.6 is 0 Å². The number of nitro groups is 2. The van der Waals surface area contributed by atoms with Gasteiger partial charge in [-0.3, -0.25) is 20.2 Å². The van der Waals surface area contributed by atoms with Crippen molar-refractivity contribution in [1.29, 1.82) is 0 Å². The molecule has 0 radical (unpaired) electrons. The van der Waals surface area contributed by atoms with Gasteiger partial charge < -0.3 is 10.2 Å². The molecule has 0 spiro atoms. The molecule has 1 unspecified atom stereocenters. The number of anilines is 1. The standard InChI is InChI=1S/C12H16N4O4/c1-13-7-9-4-5-14(8-9)11-3-2-10(15(17)18)6-12(11)16(19)20/h2-3,6,9,13H,4-5,7-8H2,1H3. The Hall–Kier alpha value is -2.22. The number of rotatable bonds is 5. The molecule has 8 heteroatoms. The first kappa shape index (κ1) is 14.2. The van der Waals surface area contributed by atoms with Crippen LogP contribution in [0.2, 0.25) is 0 Å². The minimum absolute atomic E-state index is 0.204. The summed E-state index contributed by atoms with van der Waals surface area (Å²) in [5.41, 5.74) is -0.00469. The fraction of sp³-hybridized carbons (Fsp3) is 0.500. The van der Waals surface area contributed by atoms with Crippen LogP contribution in [0.4, 0.5) is 17.1 Å². The first-order valence-electron chi connectivity index (χ1n) is 6.35. The van der Waals surface area contributed by atoms with E-state index in [1.54, 1.807) is 0 Å². The number of nitrogens with zero attached hydrogens (tertiary/aromatic N) is 3. The number of benzene rings is 1. The summed E-state index contributed by atoms with van der Waals surface area (Å²) in [7, 11) is 1.87. The van der Waals surface area contributed by atoms with Crippen molar-refractivity contribution in [3.8, 4) is 0 Å². The van der Waals surface area contributed by atoms with Crippen LogP contribution in [0.5, 0.6) is 0 Å². The maximum atomic E-state index is 11.1. The van der Waals surface area contributed by atoms with E-state index in [0.717, 1.165) is 32.1 Å². The van der Waals surface area contributed by atoms with Gasteiger partial charge in [0.05, 0.1) is 15.9 Å². The summed E-state index contributed by atoms with van der Waals surface area (Å²) in [6.07, 6.45) is 0.953. The van der Waals surface area contributed by atoms with Gasteiger partial charge in [-0.2, -0.15) is 0 Å². The maximum Gasteiger partial charge on any atom is 0.299 e. The van der Waals surface area contributed by atoms with E-state index in [2.05, 4.69) is 5.32 Å². The van der Waals surface area contributed by atoms with Crippen LogP contribution in [-0.4, -0.2) is 36.5 Å². The van der Waals surface area contributed by atoms with Crippen molar-refractivity contribution in [3.05, 3.63) is 38.4 Å². The molecular weight excluding hydrogens is 264 g/mol. The summed E-state index contributed by atoms with van der Waals surface area (Å²) in [5.74, 6) is 0.440. The fourth-order valence-corrected chi connectivity index (χ4v) is 2.55. The van der Waals surface area contributed by atoms with E-state index >= 15 is 0 Å². The molecule has 1 saturated heterocycles. The van der Waals surface area contributed by atoms with Crippen LogP contribution in [0.25, 0.3) is 0 Å². The molecule has 1 aliphatic rings. The van der Waals surface area contributed by atoms with Gasteiger partial charge in [0.1, 0.15) is 5.69 Å². The van der Waals surface area contributed by atoms with Gasteiger partial charge in [-0.25, -0.2) is 0 Å². The van der Waals surface area contributed by atoms with Gasteiger partial charge in [-0.15, -0.1) is 0 Å². The maximum absolute atomic E-state index is 11.1. The Morgan fingerprint density at radius 1 is 1.35 bits per heavy atom. The molecule has 1 N–H and O–H groups in total. The second-order valence-corrected chi connectivity index (χ2v) is 4.85. The van der Waals surface area contributed by atoms with Crippen molar-refractivity contribution in [2.75, 3.05) is 31.6 Å². The lowest BCUT2D eigenvalue weighted by atomic mass is 10.1. The van der Waals surface area contributed by atoms with Gasteiger partial charge >= 0.3 is 0 Å². The largest absolute Gasteiger partial charge is 0.366 e. The van der Waals surface area contributed by atoms with E-state index in [9.17, 15) is 20.2 Å². The zero-order valence-electron chi connectivity index (χ0n) is 11.1. The number of non-ortho nitro benzene ring substituents is 1. The summed E-state index contributed by atoms with van der Waals surface area (Å²) in [5, 5.41) is 24.9. The Kier molecular flexibility index (Phi) is 4.14. The predicted octanol–water partition coefficient (Wildman–Crippen LogP) is 1.55. The normalized spacial score (nSPS) is 18.2. The Morgan fingerprint density at radius 3 is 2.70 bits per heavy atom. The van der Waals surface area contributed by atoms with Crippen LogP contribution in [-0.2, 0) is 0 Å². The number of hydrogen-bond acceptors (Lipinski definition) is 6. The molecule has 0 bridgehead atoms. The average molecular weight is 280 g/mol. The van der Waals surface area contributed by atoms with Crippen LogP contribution in [0.3, 0.4) is 0 Å². The Balaban J connectivity index is 2.28. The van der Waals surface area contributed by atoms with Crippen LogP contribution in [0, 0.1) is 26.1 Å². The minimum Gasteiger partial charge on any atom is -0.366 e. The average Bonchev–Trinajstić information content (AvgIpc) is 2.86. The third-order valence-electron chi connectivity index (χ3n) is 3.49. The molecular formula is C12H16N4O4. The highest BCUT2D eigenvalue weighted by Crippen LogP contribution is 2.34. The molecule has 2 rings (SSSR count). The summed E-state index contributed by atoms with van der Waals surface area (Å²) in [6, 6.07) is 3.81. The van der Waals surface area contributed by atoms with Gasteiger partial charge in [-0.05, 0) is 32.0 Å². The zero-order chi connectivity index (χ0) is 14.7. The zero-order valence-corrected chi connectivity index (χ0v) is 11.1.